The summed E-state index contributed by atoms with van der Waals surface area (Å²) in [5.74, 6) is -0.711. The van der Waals surface area contributed by atoms with Crippen molar-refractivity contribution >= 4 is 22.6 Å². The second-order valence-corrected chi connectivity index (χ2v) is 5.31. The van der Waals surface area contributed by atoms with E-state index in [0.717, 1.165) is 29.1 Å². The van der Waals surface area contributed by atoms with Gasteiger partial charge in [-0.2, -0.15) is 0 Å². The number of nitrogens with two attached hydrogens (primary N) is 1. The van der Waals surface area contributed by atoms with Gasteiger partial charge in [-0.3, -0.25) is 0 Å². The van der Waals surface area contributed by atoms with Gasteiger partial charge in [0.2, 0.25) is 0 Å². The van der Waals surface area contributed by atoms with Crippen LogP contribution in [0.2, 0.25) is 5.02 Å². The Morgan fingerprint density at radius 2 is 1.90 bits per heavy atom. The molecule has 1 atom stereocenters. The van der Waals surface area contributed by atoms with Gasteiger partial charge >= 0.3 is 0 Å². The average Bonchev–Trinajstić information content (AvgIpc) is 2.78. The van der Waals surface area contributed by atoms with Crippen molar-refractivity contribution in [2.45, 2.75) is 13.0 Å². The van der Waals surface area contributed by atoms with Crippen molar-refractivity contribution in [1.29, 1.82) is 0 Å². The number of benzene rings is 2. The van der Waals surface area contributed by atoms with Crippen molar-refractivity contribution in [3.63, 3.8) is 0 Å². The normalized spacial score (nSPS) is 12.8. The molecule has 0 fully saturated rings. The highest BCUT2D eigenvalue weighted by atomic mass is 35.5. The third-order valence-corrected chi connectivity index (χ3v) is 3.75. The molecule has 21 heavy (non-hydrogen) atoms. The van der Waals surface area contributed by atoms with Gasteiger partial charge in [-0.15, -0.1) is 0 Å². The predicted molar refractivity (Wildman–Crippen MR) is 78.3 cm³/mol. The van der Waals surface area contributed by atoms with Crippen LogP contribution in [0.1, 0.15) is 22.9 Å². The Labute approximate surface area is 125 Å². The summed E-state index contributed by atoms with van der Waals surface area (Å²) in [6, 6.07) is 7.49. The summed E-state index contributed by atoms with van der Waals surface area (Å²) in [4.78, 5) is 0. The van der Waals surface area contributed by atoms with Gasteiger partial charge in [0.25, 0.3) is 0 Å². The third kappa shape index (κ3) is 2.41. The molecule has 1 heterocycles. The van der Waals surface area contributed by atoms with Crippen LogP contribution in [-0.2, 0) is 0 Å². The Morgan fingerprint density at radius 3 is 2.67 bits per heavy atom. The van der Waals surface area contributed by atoms with Crippen LogP contribution in [0.3, 0.4) is 0 Å². The molecule has 0 radical (unpaired) electrons. The molecular formula is C16H12ClF2NO. The monoisotopic (exact) mass is 307 g/mol. The lowest BCUT2D eigenvalue weighted by Gasteiger charge is -2.11. The van der Waals surface area contributed by atoms with Crippen molar-refractivity contribution in [2.75, 3.05) is 0 Å². The molecule has 0 spiro atoms. The van der Waals surface area contributed by atoms with Gasteiger partial charge in [0.15, 0.2) is 0 Å². The highest BCUT2D eigenvalue weighted by molar-refractivity contribution is 6.31. The predicted octanol–water partition coefficient (Wildman–Crippen LogP) is 4.72. The Balaban J connectivity index is 2.15. The summed E-state index contributed by atoms with van der Waals surface area (Å²) in [6.45, 7) is 1.81. The van der Waals surface area contributed by atoms with E-state index in [1.165, 1.54) is 0 Å². The topological polar surface area (TPSA) is 39.2 Å². The molecule has 2 N–H and O–H groups in total. The molecule has 0 aliphatic heterocycles. The maximum Gasteiger partial charge on any atom is 0.134 e. The molecule has 0 aliphatic carbocycles. The molecule has 3 aromatic rings. The molecule has 0 saturated carbocycles. The lowest BCUT2D eigenvalue weighted by Crippen LogP contribution is -2.14. The molecule has 0 aliphatic rings. The number of halogens is 3. The van der Waals surface area contributed by atoms with Crippen LogP contribution >= 0.6 is 11.6 Å². The molecule has 1 aromatic heterocycles. The zero-order valence-corrected chi connectivity index (χ0v) is 11.9. The summed E-state index contributed by atoms with van der Waals surface area (Å²) >= 11 is 5.96. The van der Waals surface area contributed by atoms with Crippen molar-refractivity contribution in [2.24, 2.45) is 5.73 Å². The Hall–Kier alpha value is -1.91. The van der Waals surface area contributed by atoms with Crippen LogP contribution in [0.4, 0.5) is 8.78 Å². The SMILES string of the molecule is Cc1c(C(N)c2cc(F)ccc2F)oc2ccc(Cl)cc12. The van der Waals surface area contributed by atoms with E-state index in [-0.39, 0.29) is 5.56 Å². The van der Waals surface area contributed by atoms with Gasteiger partial charge in [0.1, 0.15) is 23.0 Å². The fourth-order valence-electron chi connectivity index (χ4n) is 2.40. The van der Waals surface area contributed by atoms with E-state index < -0.39 is 17.7 Å². The zero-order valence-electron chi connectivity index (χ0n) is 11.2. The van der Waals surface area contributed by atoms with Crippen molar-refractivity contribution in [3.8, 4) is 0 Å². The Bertz CT molecular complexity index is 829. The minimum Gasteiger partial charge on any atom is -0.459 e. The van der Waals surface area contributed by atoms with Crippen LogP contribution < -0.4 is 5.73 Å². The number of aryl methyl sites for hydroxylation is 1. The molecule has 2 aromatic carbocycles. The molecule has 2 nitrogen and oxygen atoms in total. The molecule has 108 valence electrons. The minimum absolute atomic E-state index is 0.0586. The first-order valence-electron chi connectivity index (χ1n) is 6.36. The fraction of sp³-hybridized carbons (Fsp3) is 0.125. The van der Waals surface area contributed by atoms with Gasteiger partial charge in [0, 0.05) is 21.5 Å². The summed E-state index contributed by atoms with van der Waals surface area (Å²) in [5.41, 5.74) is 7.49. The summed E-state index contributed by atoms with van der Waals surface area (Å²) < 4.78 is 32.9. The Morgan fingerprint density at radius 1 is 1.14 bits per heavy atom. The van der Waals surface area contributed by atoms with Crippen molar-refractivity contribution in [3.05, 3.63) is 69.9 Å². The molecule has 3 rings (SSSR count). The van der Waals surface area contributed by atoms with E-state index in [9.17, 15) is 8.78 Å². The van der Waals surface area contributed by atoms with Crippen molar-refractivity contribution in [1.82, 2.24) is 0 Å². The number of hydrogen-bond donors (Lipinski definition) is 1. The number of fused-ring (bicyclic) bond motifs is 1. The van der Waals surface area contributed by atoms with E-state index in [2.05, 4.69) is 0 Å². The molecule has 1 unspecified atom stereocenters. The standard InChI is InChI=1S/C16H12ClF2NO/c1-8-11-6-9(17)2-5-14(11)21-16(8)15(20)12-7-10(18)3-4-13(12)19/h2-7,15H,20H2,1H3. The quantitative estimate of drug-likeness (QED) is 0.744. The maximum atomic E-state index is 13.8. The first-order chi connectivity index (χ1) is 9.97. The number of rotatable bonds is 2. The van der Waals surface area contributed by atoms with E-state index in [4.69, 9.17) is 21.8 Å². The van der Waals surface area contributed by atoms with Gasteiger partial charge in [-0.05, 0) is 43.3 Å². The van der Waals surface area contributed by atoms with Crippen LogP contribution in [-0.4, -0.2) is 0 Å². The van der Waals surface area contributed by atoms with E-state index in [1.807, 2.05) is 6.92 Å². The zero-order chi connectivity index (χ0) is 15.1. The summed E-state index contributed by atoms with van der Waals surface area (Å²) in [6.07, 6.45) is 0. The lowest BCUT2D eigenvalue weighted by molar-refractivity contribution is 0.503. The second kappa shape index (κ2) is 5.13. The maximum absolute atomic E-state index is 13.8. The third-order valence-electron chi connectivity index (χ3n) is 3.51. The van der Waals surface area contributed by atoms with E-state index >= 15 is 0 Å². The lowest BCUT2D eigenvalue weighted by atomic mass is 10.0. The largest absolute Gasteiger partial charge is 0.459 e. The molecule has 5 heteroatoms. The number of hydrogen-bond acceptors (Lipinski definition) is 2. The molecule has 0 saturated heterocycles. The Kier molecular flexibility index (Phi) is 3.43. The van der Waals surface area contributed by atoms with Gasteiger partial charge in [0.05, 0.1) is 6.04 Å². The summed E-state index contributed by atoms with van der Waals surface area (Å²) in [7, 11) is 0. The highest BCUT2D eigenvalue weighted by Crippen LogP contribution is 2.33. The second-order valence-electron chi connectivity index (χ2n) is 4.88. The average molecular weight is 308 g/mol. The van der Waals surface area contributed by atoms with Crippen LogP contribution in [0.15, 0.2) is 40.8 Å². The summed E-state index contributed by atoms with van der Waals surface area (Å²) in [5, 5.41) is 1.38. The molecule has 0 bridgehead atoms. The molecular weight excluding hydrogens is 296 g/mol. The first-order valence-corrected chi connectivity index (χ1v) is 6.74. The van der Waals surface area contributed by atoms with Gasteiger partial charge in [-0.25, -0.2) is 8.78 Å². The minimum atomic E-state index is -0.883. The van der Waals surface area contributed by atoms with Gasteiger partial charge in [-0.1, -0.05) is 11.6 Å². The van der Waals surface area contributed by atoms with Crippen LogP contribution in [0.5, 0.6) is 0 Å². The van der Waals surface area contributed by atoms with Gasteiger partial charge < -0.3 is 10.2 Å². The highest BCUT2D eigenvalue weighted by Gasteiger charge is 2.22. The fourth-order valence-corrected chi connectivity index (χ4v) is 2.58. The smallest absolute Gasteiger partial charge is 0.134 e. The molecule has 0 amide bonds. The number of furan rings is 1. The first kappa shape index (κ1) is 14.0. The van der Waals surface area contributed by atoms with Crippen molar-refractivity contribution < 1.29 is 13.2 Å². The van der Waals surface area contributed by atoms with E-state index in [1.54, 1.807) is 18.2 Å². The van der Waals surface area contributed by atoms with Crippen LogP contribution in [0, 0.1) is 18.6 Å². The van der Waals surface area contributed by atoms with Crippen LogP contribution in [0.25, 0.3) is 11.0 Å². The van der Waals surface area contributed by atoms with E-state index in [0.29, 0.717) is 16.4 Å².